The fraction of sp³-hybridized carbons (Fsp3) is 0.467. The van der Waals surface area contributed by atoms with Crippen LogP contribution >= 0.6 is 0 Å². The second kappa shape index (κ2) is 8.08. The van der Waals surface area contributed by atoms with Gasteiger partial charge in [0, 0.05) is 20.2 Å². The second-order valence-corrected chi connectivity index (χ2v) is 7.73. The Bertz CT molecular complexity index is 915. The van der Waals surface area contributed by atoms with Crippen LogP contribution in [-0.4, -0.2) is 77.4 Å². The monoisotopic (exact) mass is 397 g/mol. The van der Waals surface area contributed by atoms with Crippen LogP contribution in [0.5, 0.6) is 0 Å². The van der Waals surface area contributed by atoms with Gasteiger partial charge in [0.15, 0.2) is 0 Å². The molecule has 1 unspecified atom stereocenters. The number of morpholine rings is 1. The van der Waals surface area contributed by atoms with Crippen LogP contribution in [0.2, 0.25) is 0 Å². The van der Waals surface area contributed by atoms with Crippen molar-refractivity contribution >= 4 is 16.0 Å². The first-order valence-corrected chi connectivity index (χ1v) is 9.57. The van der Waals surface area contributed by atoms with Crippen molar-refractivity contribution in [2.24, 2.45) is 0 Å². The molecule has 12 heteroatoms. The first-order valence-electron chi connectivity index (χ1n) is 8.13. The Morgan fingerprint density at radius 3 is 3.00 bits per heavy atom. The highest BCUT2D eigenvalue weighted by Crippen LogP contribution is 2.25. The molecule has 0 radical (unpaired) electrons. The van der Waals surface area contributed by atoms with Crippen LogP contribution in [0, 0.1) is 0 Å². The molecular formula is C15H19N5O6S. The van der Waals surface area contributed by atoms with Crippen molar-refractivity contribution in [2.45, 2.75) is 17.5 Å². The molecule has 1 atom stereocenters. The normalized spacial score (nSPS) is 18.5. The van der Waals surface area contributed by atoms with Crippen LogP contribution < -0.4 is 0 Å². The van der Waals surface area contributed by atoms with Crippen molar-refractivity contribution in [3.8, 4) is 0 Å². The van der Waals surface area contributed by atoms with E-state index in [1.807, 2.05) is 0 Å². The van der Waals surface area contributed by atoms with Crippen LogP contribution in [0.15, 0.2) is 29.2 Å². The zero-order valence-electron chi connectivity index (χ0n) is 14.6. The lowest BCUT2D eigenvalue weighted by molar-refractivity contribution is -0.00774. The van der Waals surface area contributed by atoms with Gasteiger partial charge >= 0.3 is 5.97 Å². The number of nitrogens with zero attached hydrogens (tertiary/aromatic N) is 5. The van der Waals surface area contributed by atoms with Crippen molar-refractivity contribution in [3.63, 3.8) is 0 Å². The summed E-state index contributed by atoms with van der Waals surface area (Å²) in [6.07, 6.45) is -0.660. The van der Waals surface area contributed by atoms with Crippen LogP contribution in [-0.2, 0) is 26.0 Å². The largest absolute Gasteiger partial charge is 0.478 e. The molecule has 1 aliphatic heterocycles. The first kappa shape index (κ1) is 19.4. The van der Waals surface area contributed by atoms with E-state index in [9.17, 15) is 13.2 Å². The van der Waals surface area contributed by atoms with Gasteiger partial charge < -0.3 is 14.6 Å². The Balaban J connectivity index is 1.78. The van der Waals surface area contributed by atoms with E-state index in [1.165, 1.54) is 27.3 Å². The lowest BCUT2D eigenvalue weighted by Gasteiger charge is -2.30. The molecule has 0 saturated carbocycles. The quantitative estimate of drug-likeness (QED) is 0.672. The van der Waals surface area contributed by atoms with Gasteiger partial charge in [-0.15, -0.1) is 10.2 Å². The summed E-state index contributed by atoms with van der Waals surface area (Å²) in [5.41, 5.74) is -0.0939. The minimum atomic E-state index is -3.88. The van der Waals surface area contributed by atoms with Crippen molar-refractivity contribution in [1.29, 1.82) is 0 Å². The van der Waals surface area contributed by atoms with E-state index in [0.29, 0.717) is 13.2 Å². The number of hydrogen-bond acceptors (Lipinski definition) is 8. The van der Waals surface area contributed by atoms with Gasteiger partial charge in [-0.1, -0.05) is 6.07 Å². The summed E-state index contributed by atoms with van der Waals surface area (Å²) in [6, 6.07) is 5.25. The van der Waals surface area contributed by atoms with Gasteiger partial charge in [-0.25, -0.2) is 13.2 Å². The zero-order valence-corrected chi connectivity index (χ0v) is 15.4. The number of aromatic carboxylic acids is 1. The van der Waals surface area contributed by atoms with E-state index in [1.54, 1.807) is 7.11 Å². The number of carbonyl (C=O) groups is 1. The maximum absolute atomic E-state index is 12.9. The highest BCUT2D eigenvalue weighted by molar-refractivity contribution is 7.89. The third-order valence-electron chi connectivity index (χ3n) is 4.00. The van der Waals surface area contributed by atoms with E-state index in [-0.39, 0.29) is 36.0 Å². The summed E-state index contributed by atoms with van der Waals surface area (Å²) in [7, 11) is -2.32. The predicted molar refractivity (Wildman–Crippen MR) is 90.5 cm³/mol. The highest BCUT2D eigenvalue weighted by atomic mass is 32.2. The van der Waals surface area contributed by atoms with Crippen LogP contribution in [0.25, 0.3) is 0 Å². The topological polar surface area (TPSA) is 137 Å². The van der Waals surface area contributed by atoms with Crippen LogP contribution in [0.1, 0.15) is 22.3 Å². The van der Waals surface area contributed by atoms with Crippen molar-refractivity contribution in [3.05, 3.63) is 35.7 Å². The number of carboxylic acid groups (broad SMARTS) is 1. The van der Waals surface area contributed by atoms with Crippen LogP contribution in [0.3, 0.4) is 0 Å². The standard InChI is InChI=1S/C15H19N5O6S/c1-25-7-6-20-17-14(16-18-20)13-10-19(5-8-26-13)27(23,24)12-4-2-3-11(9-12)15(21)22/h2-4,9,13H,5-8,10H2,1H3,(H,21,22). The zero-order chi connectivity index (χ0) is 19.4. The van der Waals surface area contributed by atoms with Gasteiger partial charge in [0.05, 0.1) is 30.2 Å². The van der Waals surface area contributed by atoms with Crippen molar-refractivity contribution in [2.75, 3.05) is 33.4 Å². The molecule has 27 heavy (non-hydrogen) atoms. The molecule has 1 aliphatic rings. The number of aromatic nitrogens is 4. The Morgan fingerprint density at radius 1 is 1.44 bits per heavy atom. The fourth-order valence-electron chi connectivity index (χ4n) is 2.59. The lowest BCUT2D eigenvalue weighted by Crippen LogP contribution is -2.42. The summed E-state index contributed by atoms with van der Waals surface area (Å²) in [5.74, 6) is -0.908. The molecular weight excluding hydrogens is 378 g/mol. The van der Waals surface area contributed by atoms with Gasteiger partial charge in [-0.2, -0.15) is 9.10 Å². The maximum atomic E-state index is 12.9. The molecule has 1 N–H and O–H groups in total. The lowest BCUT2D eigenvalue weighted by atomic mass is 10.2. The van der Waals surface area contributed by atoms with E-state index in [2.05, 4.69) is 15.4 Å². The number of hydrogen-bond donors (Lipinski definition) is 1. The third-order valence-corrected chi connectivity index (χ3v) is 5.86. The molecule has 3 rings (SSSR count). The first-order chi connectivity index (χ1) is 12.9. The summed E-state index contributed by atoms with van der Waals surface area (Å²) >= 11 is 0. The third kappa shape index (κ3) is 4.30. The average Bonchev–Trinajstić information content (AvgIpc) is 3.15. The molecule has 2 heterocycles. The number of methoxy groups -OCH3 is 1. The molecule has 146 valence electrons. The second-order valence-electron chi connectivity index (χ2n) is 5.79. The smallest absolute Gasteiger partial charge is 0.335 e. The molecule has 1 aromatic heterocycles. The number of benzene rings is 1. The number of sulfonamides is 1. The van der Waals surface area contributed by atoms with Crippen molar-refractivity contribution in [1.82, 2.24) is 24.5 Å². The fourth-order valence-corrected chi connectivity index (χ4v) is 4.06. The van der Waals surface area contributed by atoms with Gasteiger partial charge in [0.2, 0.25) is 15.8 Å². The summed E-state index contributed by atoms with van der Waals surface area (Å²) in [5, 5.41) is 21.1. The maximum Gasteiger partial charge on any atom is 0.335 e. The van der Waals surface area contributed by atoms with E-state index < -0.39 is 22.1 Å². The van der Waals surface area contributed by atoms with Gasteiger partial charge in [0.25, 0.3) is 0 Å². The number of ether oxygens (including phenoxy) is 2. The summed E-state index contributed by atoms with van der Waals surface area (Å²) < 4.78 is 37.5. The molecule has 11 nitrogen and oxygen atoms in total. The number of carboxylic acids is 1. The van der Waals surface area contributed by atoms with Gasteiger partial charge in [-0.3, -0.25) is 0 Å². The molecule has 1 aromatic carbocycles. The average molecular weight is 397 g/mol. The molecule has 1 fully saturated rings. The van der Waals surface area contributed by atoms with E-state index >= 15 is 0 Å². The predicted octanol–water partition coefficient (Wildman–Crippen LogP) is -0.220. The number of tetrazole rings is 1. The van der Waals surface area contributed by atoms with Gasteiger partial charge in [-0.05, 0) is 23.4 Å². The molecule has 0 amide bonds. The minimum absolute atomic E-state index is 0.00953. The Morgan fingerprint density at radius 2 is 2.26 bits per heavy atom. The number of rotatable bonds is 7. The highest BCUT2D eigenvalue weighted by Gasteiger charge is 2.33. The minimum Gasteiger partial charge on any atom is -0.478 e. The Labute approximate surface area is 155 Å². The Kier molecular flexibility index (Phi) is 5.79. The van der Waals surface area contributed by atoms with Gasteiger partial charge in [0.1, 0.15) is 6.10 Å². The van der Waals surface area contributed by atoms with E-state index in [4.69, 9.17) is 14.6 Å². The molecule has 0 aliphatic carbocycles. The van der Waals surface area contributed by atoms with Crippen molar-refractivity contribution < 1.29 is 27.8 Å². The summed E-state index contributed by atoms with van der Waals surface area (Å²) in [6.45, 7) is 1.15. The Hall–Kier alpha value is -2.41. The molecule has 0 spiro atoms. The summed E-state index contributed by atoms with van der Waals surface area (Å²) in [4.78, 5) is 12.4. The molecule has 1 saturated heterocycles. The van der Waals surface area contributed by atoms with Crippen LogP contribution in [0.4, 0.5) is 0 Å². The molecule has 2 aromatic rings. The SMILES string of the molecule is COCCn1nnc(C2CN(S(=O)(=O)c3cccc(C(=O)O)c3)CCO2)n1. The molecule has 0 bridgehead atoms. The van der Waals surface area contributed by atoms with E-state index in [0.717, 1.165) is 6.07 Å².